The smallest absolute Gasteiger partial charge is 0.276 e. The van der Waals surface area contributed by atoms with Crippen molar-refractivity contribution in [3.63, 3.8) is 0 Å². The standard InChI is InChI=1S/C18H10F11NO2/c19-14(16(22,23)24,32-18(28,29)15(20,21)17(25,26)27)13(31)30(11-7-3-1-4-8-11)12-9-5-2-6-10-12/h1-10H. The lowest BCUT2D eigenvalue weighted by molar-refractivity contribution is -0.472. The molecule has 3 nitrogen and oxygen atoms in total. The number of ether oxygens (including phenoxy) is 1. The maximum Gasteiger partial charge on any atom is 0.462 e. The maximum absolute atomic E-state index is 14.8. The Bertz CT molecular complexity index is 890. The lowest BCUT2D eigenvalue weighted by Gasteiger charge is -2.36. The molecule has 0 aliphatic carbocycles. The Morgan fingerprint density at radius 2 is 1.00 bits per heavy atom. The van der Waals surface area contributed by atoms with Crippen LogP contribution in [0.25, 0.3) is 0 Å². The highest BCUT2D eigenvalue weighted by atomic mass is 19.4. The van der Waals surface area contributed by atoms with Crippen LogP contribution in [0, 0.1) is 0 Å². The van der Waals surface area contributed by atoms with E-state index in [2.05, 4.69) is 4.74 Å². The molecule has 0 saturated heterocycles. The summed E-state index contributed by atoms with van der Waals surface area (Å²) < 4.78 is 147. The molecule has 0 aromatic heterocycles. The third-order valence-electron chi connectivity index (χ3n) is 3.86. The van der Waals surface area contributed by atoms with Crippen LogP contribution in [-0.4, -0.2) is 36.1 Å². The predicted octanol–water partition coefficient (Wildman–Crippen LogP) is 6.39. The average Bonchev–Trinajstić information content (AvgIpc) is 2.67. The molecule has 14 heteroatoms. The topological polar surface area (TPSA) is 29.5 Å². The van der Waals surface area contributed by atoms with Crippen LogP contribution in [0.15, 0.2) is 60.7 Å². The van der Waals surface area contributed by atoms with Crippen molar-refractivity contribution in [1.29, 1.82) is 0 Å². The maximum atomic E-state index is 14.8. The fourth-order valence-corrected chi connectivity index (χ4v) is 2.31. The number of alkyl halides is 11. The monoisotopic (exact) mass is 481 g/mol. The molecule has 1 amide bonds. The van der Waals surface area contributed by atoms with E-state index in [4.69, 9.17) is 0 Å². The van der Waals surface area contributed by atoms with E-state index in [1.807, 2.05) is 0 Å². The van der Waals surface area contributed by atoms with E-state index in [-0.39, 0.29) is 4.90 Å². The van der Waals surface area contributed by atoms with E-state index < -0.39 is 47.5 Å². The van der Waals surface area contributed by atoms with Gasteiger partial charge in [-0.3, -0.25) is 14.4 Å². The van der Waals surface area contributed by atoms with E-state index in [0.29, 0.717) is 0 Å². The van der Waals surface area contributed by atoms with Gasteiger partial charge in [0.05, 0.1) is 0 Å². The minimum absolute atomic E-state index is 0.157. The first-order valence-electron chi connectivity index (χ1n) is 8.18. The van der Waals surface area contributed by atoms with E-state index in [1.165, 1.54) is 12.1 Å². The van der Waals surface area contributed by atoms with Crippen LogP contribution >= 0.6 is 0 Å². The Kier molecular flexibility index (Phi) is 6.52. The summed E-state index contributed by atoms with van der Waals surface area (Å²) in [6.45, 7) is 0. The van der Waals surface area contributed by atoms with Gasteiger partial charge in [0, 0.05) is 11.4 Å². The zero-order valence-corrected chi connectivity index (χ0v) is 15.2. The van der Waals surface area contributed by atoms with Crippen molar-refractivity contribution in [1.82, 2.24) is 0 Å². The number of benzene rings is 2. The van der Waals surface area contributed by atoms with E-state index in [9.17, 15) is 53.1 Å². The minimum atomic E-state index is -7.27. The second kappa shape index (κ2) is 8.22. The van der Waals surface area contributed by atoms with Crippen molar-refractivity contribution in [2.24, 2.45) is 0 Å². The molecule has 176 valence electrons. The second-order valence-electron chi connectivity index (χ2n) is 6.10. The number of rotatable bonds is 6. The molecule has 0 bridgehead atoms. The fourth-order valence-electron chi connectivity index (χ4n) is 2.31. The third-order valence-corrected chi connectivity index (χ3v) is 3.86. The molecule has 1 unspecified atom stereocenters. The molecule has 0 aliphatic rings. The molecule has 0 saturated carbocycles. The normalized spacial score (nSPS) is 15.2. The van der Waals surface area contributed by atoms with Gasteiger partial charge >= 0.3 is 36.1 Å². The van der Waals surface area contributed by atoms with Crippen molar-refractivity contribution in [3.05, 3.63) is 60.7 Å². The van der Waals surface area contributed by atoms with Crippen LogP contribution in [0.5, 0.6) is 0 Å². The molecular weight excluding hydrogens is 471 g/mol. The van der Waals surface area contributed by atoms with Crippen LogP contribution in [0.1, 0.15) is 0 Å². The molecule has 2 aromatic rings. The first-order chi connectivity index (χ1) is 14.5. The lowest BCUT2D eigenvalue weighted by Crippen LogP contribution is -2.63. The molecule has 0 radical (unpaired) electrons. The van der Waals surface area contributed by atoms with Crippen LogP contribution in [0.4, 0.5) is 59.7 Å². The van der Waals surface area contributed by atoms with Gasteiger partial charge in [-0.05, 0) is 24.3 Å². The number of carbonyl (C=O) groups is 1. The molecule has 32 heavy (non-hydrogen) atoms. The first-order valence-corrected chi connectivity index (χ1v) is 8.18. The summed E-state index contributed by atoms with van der Waals surface area (Å²) in [6.07, 6.45) is -21.0. The van der Waals surface area contributed by atoms with Gasteiger partial charge in [0.2, 0.25) is 0 Å². The molecule has 0 heterocycles. The zero-order valence-electron chi connectivity index (χ0n) is 15.2. The highest BCUT2D eigenvalue weighted by Gasteiger charge is 2.80. The van der Waals surface area contributed by atoms with Crippen molar-refractivity contribution >= 4 is 17.3 Å². The molecule has 0 N–H and O–H groups in total. The molecule has 1 atom stereocenters. The summed E-state index contributed by atoms with van der Waals surface area (Å²) in [4.78, 5) is 12.4. The van der Waals surface area contributed by atoms with Gasteiger partial charge in [0.25, 0.3) is 0 Å². The molecular formula is C18H10F11NO2. The van der Waals surface area contributed by atoms with Crippen LogP contribution < -0.4 is 4.90 Å². The van der Waals surface area contributed by atoms with Gasteiger partial charge in [-0.2, -0.15) is 48.3 Å². The van der Waals surface area contributed by atoms with E-state index in [1.54, 1.807) is 0 Å². The number of amides is 1. The summed E-state index contributed by atoms with van der Waals surface area (Å²) in [7, 11) is 0. The lowest BCUT2D eigenvalue weighted by atomic mass is 10.1. The highest BCUT2D eigenvalue weighted by molar-refractivity contribution is 6.05. The zero-order chi connectivity index (χ0) is 24.6. The van der Waals surface area contributed by atoms with Gasteiger partial charge in [0.15, 0.2) is 0 Å². The number of nitrogens with zero attached hydrogens (tertiary/aromatic N) is 1. The Morgan fingerprint density at radius 1 is 0.625 bits per heavy atom. The molecule has 0 fully saturated rings. The first kappa shape index (κ1) is 25.4. The SMILES string of the molecule is O=C(N(c1ccccc1)c1ccccc1)C(F)(OC(F)(F)C(F)(F)C(F)(F)F)C(F)(F)F. The summed E-state index contributed by atoms with van der Waals surface area (Å²) in [5, 5.41) is 0. The van der Waals surface area contributed by atoms with Crippen LogP contribution in [-0.2, 0) is 9.53 Å². The number of hydrogen-bond donors (Lipinski definition) is 0. The van der Waals surface area contributed by atoms with E-state index >= 15 is 0 Å². The van der Waals surface area contributed by atoms with Crippen molar-refractivity contribution in [2.75, 3.05) is 4.90 Å². The quantitative estimate of drug-likeness (QED) is 0.448. The molecule has 2 rings (SSSR count). The van der Waals surface area contributed by atoms with Gasteiger partial charge in [-0.1, -0.05) is 36.4 Å². The van der Waals surface area contributed by atoms with Gasteiger partial charge in [-0.25, -0.2) is 0 Å². The third kappa shape index (κ3) is 4.49. The van der Waals surface area contributed by atoms with Gasteiger partial charge in [0.1, 0.15) is 0 Å². The fraction of sp³-hybridized carbons (Fsp3) is 0.278. The van der Waals surface area contributed by atoms with Gasteiger partial charge < -0.3 is 0 Å². The van der Waals surface area contributed by atoms with Crippen molar-refractivity contribution < 1.29 is 57.8 Å². The predicted molar refractivity (Wildman–Crippen MR) is 87.0 cm³/mol. The van der Waals surface area contributed by atoms with Crippen LogP contribution in [0.3, 0.4) is 0 Å². The summed E-state index contributed by atoms with van der Waals surface area (Å²) >= 11 is 0. The number of carbonyl (C=O) groups excluding carboxylic acids is 1. The molecule has 0 spiro atoms. The number of hydrogen-bond acceptors (Lipinski definition) is 2. The number of anilines is 2. The van der Waals surface area contributed by atoms with Crippen LogP contribution in [0.2, 0.25) is 0 Å². The Balaban J connectivity index is 2.66. The van der Waals surface area contributed by atoms with Gasteiger partial charge in [-0.15, -0.1) is 0 Å². The van der Waals surface area contributed by atoms with Crippen molar-refractivity contribution in [3.8, 4) is 0 Å². The molecule has 2 aromatic carbocycles. The Labute approximate surface area is 172 Å². The number of para-hydroxylation sites is 2. The number of halogens is 11. The Hall–Kier alpha value is -2.90. The minimum Gasteiger partial charge on any atom is -0.276 e. The summed E-state index contributed by atoms with van der Waals surface area (Å²) in [5.74, 6) is -16.6. The largest absolute Gasteiger partial charge is 0.462 e. The van der Waals surface area contributed by atoms with Crippen molar-refractivity contribution in [2.45, 2.75) is 30.2 Å². The average molecular weight is 481 g/mol. The summed E-state index contributed by atoms with van der Waals surface area (Å²) in [6, 6.07) is 10.8. The van der Waals surface area contributed by atoms with E-state index in [0.717, 1.165) is 48.5 Å². The highest BCUT2D eigenvalue weighted by Crippen LogP contribution is 2.51. The molecule has 0 aliphatic heterocycles. The second-order valence-corrected chi connectivity index (χ2v) is 6.10. The summed E-state index contributed by atoms with van der Waals surface area (Å²) in [5.41, 5.74) is -1.13. The Morgan fingerprint density at radius 3 is 1.31 bits per heavy atom.